The molecule has 1 aromatic rings. The summed E-state index contributed by atoms with van der Waals surface area (Å²) in [5, 5.41) is 0.728. The number of rotatable bonds is 0. The van der Waals surface area contributed by atoms with Crippen molar-refractivity contribution in [1.82, 2.24) is 0 Å². The molecule has 2 aliphatic rings. The van der Waals surface area contributed by atoms with Crippen molar-refractivity contribution in [2.45, 2.75) is 28.7 Å². The van der Waals surface area contributed by atoms with Crippen molar-refractivity contribution in [1.29, 1.82) is 0 Å². The van der Waals surface area contributed by atoms with Crippen LogP contribution >= 0.6 is 23.4 Å². The molecular formula is C12H12ClFOS. The molecule has 1 spiro atoms. The van der Waals surface area contributed by atoms with Crippen molar-refractivity contribution < 1.29 is 9.13 Å². The molecule has 2 heterocycles. The van der Waals surface area contributed by atoms with E-state index < -0.39 is 6.17 Å². The highest BCUT2D eigenvalue weighted by atomic mass is 35.5. The molecular weight excluding hydrogens is 247 g/mol. The summed E-state index contributed by atoms with van der Waals surface area (Å²) in [6, 6.07) is 5.84. The normalized spacial score (nSPS) is 33.0. The van der Waals surface area contributed by atoms with Crippen LogP contribution in [0.5, 0.6) is 0 Å². The molecule has 16 heavy (non-hydrogen) atoms. The Kier molecular flexibility index (Phi) is 2.65. The monoisotopic (exact) mass is 258 g/mol. The van der Waals surface area contributed by atoms with Crippen LogP contribution in [-0.2, 0) is 11.2 Å². The summed E-state index contributed by atoms with van der Waals surface area (Å²) in [6.07, 6.45) is 0.706. The summed E-state index contributed by atoms with van der Waals surface area (Å²) < 4.78 is 18.9. The quantitative estimate of drug-likeness (QED) is 0.705. The molecule has 3 rings (SSSR count). The van der Waals surface area contributed by atoms with E-state index in [9.17, 15) is 4.39 Å². The lowest BCUT2D eigenvalue weighted by molar-refractivity contribution is 0.0133. The standard InChI is InChI=1S/C12H12ClFOS/c13-9-2-1-8-6-12(16-10(8)5-9)3-4-15-7-11(12)14/h1-2,5,11H,3-4,6-7H2. The van der Waals surface area contributed by atoms with E-state index in [1.807, 2.05) is 18.2 Å². The molecule has 0 bridgehead atoms. The van der Waals surface area contributed by atoms with E-state index in [1.165, 1.54) is 5.56 Å². The van der Waals surface area contributed by atoms with Gasteiger partial charge in [0.25, 0.3) is 0 Å². The highest BCUT2D eigenvalue weighted by molar-refractivity contribution is 8.01. The SMILES string of the molecule is FC1COCCC12Cc1ccc(Cl)cc1S2. The maximum absolute atomic E-state index is 14.0. The van der Waals surface area contributed by atoms with Gasteiger partial charge in [-0.05, 0) is 30.5 Å². The molecule has 2 atom stereocenters. The molecule has 2 aliphatic heterocycles. The smallest absolute Gasteiger partial charge is 0.139 e. The number of thioether (sulfide) groups is 1. The summed E-state index contributed by atoms with van der Waals surface area (Å²) >= 11 is 7.60. The summed E-state index contributed by atoms with van der Waals surface area (Å²) in [5.41, 5.74) is 1.22. The van der Waals surface area contributed by atoms with Crippen molar-refractivity contribution in [3.8, 4) is 0 Å². The number of benzene rings is 1. The van der Waals surface area contributed by atoms with Crippen molar-refractivity contribution in [3.05, 3.63) is 28.8 Å². The predicted molar refractivity (Wildman–Crippen MR) is 64.1 cm³/mol. The van der Waals surface area contributed by atoms with Gasteiger partial charge in [-0.2, -0.15) is 0 Å². The maximum atomic E-state index is 14.0. The third-order valence-corrected chi connectivity index (χ3v) is 5.18. The van der Waals surface area contributed by atoms with Crippen LogP contribution in [0, 0.1) is 0 Å². The van der Waals surface area contributed by atoms with Gasteiger partial charge in [-0.3, -0.25) is 0 Å². The number of hydrogen-bond acceptors (Lipinski definition) is 2. The first-order valence-electron chi connectivity index (χ1n) is 5.39. The maximum Gasteiger partial charge on any atom is 0.139 e. The Balaban J connectivity index is 1.93. The Hall–Kier alpha value is -0.250. The highest BCUT2D eigenvalue weighted by Crippen LogP contribution is 2.51. The van der Waals surface area contributed by atoms with Gasteiger partial charge in [-0.25, -0.2) is 4.39 Å². The lowest BCUT2D eigenvalue weighted by Crippen LogP contribution is -2.44. The fraction of sp³-hybridized carbons (Fsp3) is 0.500. The van der Waals surface area contributed by atoms with Gasteiger partial charge in [0, 0.05) is 16.5 Å². The predicted octanol–water partition coefficient (Wildman–Crippen LogP) is 3.49. The zero-order valence-electron chi connectivity index (χ0n) is 8.71. The van der Waals surface area contributed by atoms with Crippen molar-refractivity contribution >= 4 is 23.4 Å². The summed E-state index contributed by atoms with van der Waals surface area (Å²) in [6.45, 7) is 0.893. The molecule has 1 saturated heterocycles. The van der Waals surface area contributed by atoms with E-state index in [-0.39, 0.29) is 11.4 Å². The van der Waals surface area contributed by atoms with E-state index in [0.717, 1.165) is 22.8 Å². The van der Waals surface area contributed by atoms with E-state index in [1.54, 1.807) is 11.8 Å². The summed E-state index contributed by atoms with van der Waals surface area (Å²) in [5.74, 6) is 0. The van der Waals surface area contributed by atoms with E-state index >= 15 is 0 Å². The van der Waals surface area contributed by atoms with Crippen LogP contribution in [0.3, 0.4) is 0 Å². The Bertz CT molecular complexity index is 425. The topological polar surface area (TPSA) is 9.23 Å². The Labute approximate surface area is 103 Å². The van der Waals surface area contributed by atoms with Gasteiger partial charge in [0.1, 0.15) is 6.17 Å². The fourth-order valence-electron chi connectivity index (χ4n) is 2.40. The first kappa shape index (κ1) is 10.9. The molecule has 0 saturated carbocycles. The lowest BCUT2D eigenvalue weighted by Gasteiger charge is -2.35. The molecule has 0 N–H and O–H groups in total. The van der Waals surface area contributed by atoms with Crippen LogP contribution in [-0.4, -0.2) is 24.1 Å². The number of fused-ring (bicyclic) bond motifs is 1. The Morgan fingerprint density at radius 2 is 2.38 bits per heavy atom. The van der Waals surface area contributed by atoms with E-state index in [2.05, 4.69) is 0 Å². The molecule has 4 heteroatoms. The number of hydrogen-bond donors (Lipinski definition) is 0. The van der Waals surface area contributed by atoms with Gasteiger partial charge in [0.15, 0.2) is 0 Å². The van der Waals surface area contributed by atoms with Crippen LogP contribution < -0.4 is 0 Å². The van der Waals surface area contributed by atoms with Crippen LogP contribution in [0.25, 0.3) is 0 Å². The molecule has 1 nitrogen and oxygen atoms in total. The molecule has 0 aliphatic carbocycles. The number of alkyl halides is 1. The first-order chi connectivity index (χ1) is 7.70. The molecule has 0 aromatic heterocycles. The van der Waals surface area contributed by atoms with Crippen LogP contribution in [0.2, 0.25) is 5.02 Å². The van der Waals surface area contributed by atoms with Gasteiger partial charge in [-0.1, -0.05) is 17.7 Å². The van der Waals surface area contributed by atoms with Gasteiger partial charge in [0.05, 0.1) is 11.4 Å². The average molecular weight is 259 g/mol. The second-order valence-corrected chi connectivity index (χ2v) is 6.28. The zero-order chi connectivity index (χ0) is 11.2. The van der Waals surface area contributed by atoms with Crippen LogP contribution in [0.1, 0.15) is 12.0 Å². The molecule has 0 radical (unpaired) electrons. The minimum Gasteiger partial charge on any atom is -0.378 e. The largest absolute Gasteiger partial charge is 0.378 e. The summed E-state index contributed by atoms with van der Waals surface area (Å²) in [7, 11) is 0. The fourth-order valence-corrected chi connectivity index (χ4v) is 4.14. The van der Waals surface area contributed by atoms with Gasteiger partial charge in [-0.15, -0.1) is 11.8 Å². The molecule has 86 valence electrons. The van der Waals surface area contributed by atoms with Crippen LogP contribution in [0.4, 0.5) is 4.39 Å². The first-order valence-corrected chi connectivity index (χ1v) is 6.58. The van der Waals surface area contributed by atoms with Crippen molar-refractivity contribution in [2.24, 2.45) is 0 Å². The molecule has 1 fully saturated rings. The van der Waals surface area contributed by atoms with Gasteiger partial charge < -0.3 is 4.74 Å². The molecule has 0 amide bonds. The average Bonchev–Trinajstić information content (AvgIpc) is 2.61. The highest BCUT2D eigenvalue weighted by Gasteiger charge is 2.47. The molecule has 2 unspecified atom stereocenters. The Morgan fingerprint density at radius 3 is 3.19 bits per heavy atom. The number of halogens is 2. The third kappa shape index (κ3) is 1.66. The van der Waals surface area contributed by atoms with Gasteiger partial charge in [0.2, 0.25) is 0 Å². The van der Waals surface area contributed by atoms with Crippen molar-refractivity contribution in [3.63, 3.8) is 0 Å². The molecule has 1 aromatic carbocycles. The summed E-state index contributed by atoms with van der Waals surface area (Å²) in [4.78, 5) is 1.14. The van der Waals surface area contributed by atoms with Gasteiger partial charge >= 0.3 is 0 Å². The lowest BCUT2D eigenvalue weighted by atomic mass is 9.90. The minimum atomic E-state index is -0.877. The third-order valence-electron chi connectivity index (χ3n) is 3.34. The minimum absolute atomic E-state index is 0.231. The second kappa shape index (κ2) is 3.90. The van der Waals surface area contributed by atoms with E-state index in [4.69, 9.17) is 16.3 Å². The van der Waals surface area contributed by atoms with Crippen LogP contribution in [0.15, 0.2) is 23.1 Å². The van der Waals surface area contributed by atoms with E-state index in [0.29, 0.717) is 6.61 Å². The zero-order valence-corrected chi connectivity index (χ0v) is 10.3. The number of ether oxygens (including phenoxy) is 1. The van der Waals surface area contributed by atoms with Crippen molar-refractivity contribution in [2.75, 3.05) is 13.2 Å². The Morgan fingerprint density at radius 1 is 1.50 bits per heavy atom. The second-order valence-electron chi connectivity index (χ2n) is 4.39.